The molecular formula is C10H11N3. The fourth-order valence-electron chi connectivity index (χ4n) is 1.70. The molecule has 1 aliphatic rings. The largest absolute Gasteiger partial charge is 0.346 e. The van der Waals surface area contributed by atoms with Gasteiger partial charge in [0.1, 0.15) is 5.65 Å². The van der Waals surface area contributed by atoms with Crippen molar-refractivity contribution in [2.75, 3.05) is 13.1 Å². The summed E-state index contributed by atoms with van der Waals surface area (Å²) in [4.78, 5) is 7.46. The van der Waals surface area contributed by atoms with Crippen LogP contribution in [0.2, 0.25) is 0 Å². The van der Waals surface area contributed by atoms with E-state index in [2.05, 4.69) is 27.4 Å². The third-order valence-electron chi connectivity index (χ3n) is 2.67. The molecule has 1 aliphatic heterocycles. The summed E-state index contributed by atoms with van der Waals surface area (Å²) in [5.41, 5.74) is 2.34. The molecule has 0 unspecified atom stereocenters. The van der Waals surface area contributed by atoms with E-state index in [1.165, 1.54) is 10.9 Å². The molecule has 0 saturated carbocycles. The summed E-state index contributed by atoms with van der Waals surface area (Å²) < 4.78 is 0. The highest BCUT2D eigenvalue weighted by molar-refractivity contribution is 5.75. The number of nitrogens with one attached hydrogen (secondary N) is 2. The molecule has 0 bridgehead atoms. The number of rotatable bonds is 1. The second kappa shape index (κ2) is 2.57. The molecule has 66 valence electrons. The van der Waals surface area contributed by atoms with Crippen molar-refractivity contribution < 1.29 is 0 Å². The van der Waals surface area contributed by atoms with Crippen LogP contribution in [0.15, 0.2) is 24.5 Å². The number of H-pyrrole nitrogens is 1. The van der Waals surface area contributed by atoms with Crippen LogP contribution in [0, 0.1) is 0 Å². The number of nitrogens with zero attached hydrogens (tertiary/aromatic N) is 1. The van der Waals surface area contributed by atoms with Gasteiger partial charge in [-0.3, -0.25) is 0 Å². The maximum atomic E-state index is 4.36. The molecule has 1 saturated heterocycles. The molecule has 2 aromatic rings. The van der Waals surface area contributed by atoms with Gasteiger partial charge >= 0.3 is 0 Å². The Balaban J connectivity index is 2.09. The predicted octanol–water partition coefficient (Wildman–Crippen LogP) is 1.25. The van der Waals surface area contributed by atoms with Gasteiger partial charge in [-0.2, -0.15) is 0 Å². The minimum absolute atomic E-state index is 0.673. The smallest absolute Gasteiger partial charge is 0.137 e. The average Bonchev–Trinajstić information content (AvgIpc) is 2.47. The standard InChI is InChI=1S/C10H11N3/c1-2-12-10-7(1)3-8(6-13-10)9-4-11-5-9/h1-3,6,9,11H,4-5H2,(H,12,13). The number of hydrogen-bond acceptors (Lipinski definition) is 2. The number of aromatic nitrogens is 2. The van der Waals surface area contributed by atoms with E-state index in [4.69, 9.17) is 0 Å². The topological polar surface area (TPSA) is 40.7 Å². The van der Waals surface area contributed by atoms with Gasteiger partial charge in [0.15, 0.2) is 0 Å². The van der Waals surface area contributed by atoms with E-state index in [0.29, 0.717) is 5.92 Å². The Morgan fingerprint density at radius 2 is 2.31 bits per heavy atom. The summed E-state index contributed by atoms with van der Waals surface area (Å²) in [6, 6.07) is 4.29. The Labute approximate surface area is 76.2 Å². The van der Waals surface area contributed by atoms with E-state index < -0.39 is 0 Å². The molecule has 3 heteroatoms. The van der Waals surface area contributed by atoms with Crippen molar-refractivity contribution in [3.63, 3.8) is 0 Å². The van der Waals surface area contributed by atoms with E-state index in [-0.39, 0.29) is 0 Å². The van der Waals surface area contributed by atoms with Crippen molar-refractivity contribution in [3.05, 3.63) is 30.1 Å². The molecule has 13 heavy (non-hydrogen) atoms. The SMILES string of the molecule is c1cc2cc(C3CNC3)cnc2[nH]1. The summed E-state index contributed by atoms with van der Waals surface area (Å²) in [6.45, 7) is 2.19. The highest BCUT2D eigenvalue weighted by Crippen LogP contribution is 2.21. The van der Waals surface area contributed by atoms with Crippen LogP contribution in [-0.2, 0) is 0 Å². The van der Waals surface area contributed by atoms with E-state index in [9.17, 15) is 0 Å². The van der Waals surface area contributed by atoms with Gasteiger partial charge in [0.2, 0.25) is 0 Å². The van der Waals surface area contributed by atoms with Crippen LogP contribution in [0.3, 0.4) is 0 Å². The van der Waals surface area contributed by atoms with Crippen LogP contribution >= 0.6 is 0 Å². The molecule has 0 atom stereocenters. The predicted molar refractivity (Wildman–Crippen MR) is 51.7 cm³/mol. The minimum Gasteiger partial charge on any atom is -0.346 e. The molecule has 3 nitrogen and oxygen atoms in total. The Morgan fingerprint density at radius 3 is 3.08 bits per heavy atom. The van der Waals surface area contributed by atoms with Crippen LogP contribution in [0.1, 0.15) is 11.5 Å². The lowest BCUT2D eigenvalue weighted by Gasteiger charge is -2.27. The number of fused-ring (bicyclic) bond motifs is 1. The number of hydrogen-bond donors (Lipinski definition) is 2. The maximum absolute atomic E-state index is 4.36. The molecule has 3 rings (SSSR count). The molecule has 0 aliphatic carbocycles. The normalized spacial score (nSPS) is 17.5. The summed E-state index contributed by atoms with van der Waals surface area (Å²) in [7, 11) is 0. The first kappa shape index (κ1) is 7.09. The van der Waals surface area contributed by atoms with Gasteiger partial charge < -0.3 is 10.3 Å². The second-order valence-electron chi connectivity index (χ2n) is 3.54. The lowest BCUT2D eigenvalue weighted by atomic mass is 9.95. The van der Waals surface area contributed by atoms with Crippen LogP contribution in [0.4, 0.5) is 0 Å². The van der Waals surface area contributed by atoms with Gasteiger partial charge in [-0.15, -0.1) is 0 Å². The third kappa shape index (κ3) is 1.04. The first-order chi connectivity index (χ1) is 6.43. The fourth-order valence-corrected chi connectivity index (χ4v) is 1.70. The first-order valence-corrected chi connectivity index (χ1v) is 4.57. The van der Waals surface area contributed by atoms with E-state index in [0.717, 1.165) is 18.7 Å². The van der Waals surface area contributed by atoms with Gasteiger partial charge in [0.05, 0.1) is 0 Å². The van der Waals surface area contributed by atoms with Crippen LogP contribution < -0.4 is 5.32 Å². The molecular weight excluding hydrogens is 162 g/mol. The summed E-state index contributed by atoms with van der Waals surface area (Å²) in [5, 5.41) is 4.48. The molecule has 0 spiro atoms. The van der Waals surface area contributed by atoms with E-state index >= 15 is 0 Å². The van der Waals surface area contributed by atoms with Gasteiger partial charge in [-0.05, 0) is 17.7 Å². The minimum atomic E-state index is 0.673. The van der Waals surface area contributed by atoms with Crippen LogP contribution in [0.5, 0.6) is 0 Å². The second-order valence-corrected chi connectivity index (χ2v) is 3.54. The van der Waals surface area contributed by atoms with E-state index in [1.807, 2.05) is 12.4 Å². The fraction of sp³-hybridized carbons (Fsp3) is 0.300. The summed E-state index contributed by atoms with van der Waals surface area (Å²) in [5.74, 6) is 0.673. The quantitative estimate of drug-likeness (QED) is 0.681. The summed E-state index contributed by atoms with van der Waals surface area (Å²) in [6.07, 6.45) is 3.91. The monoisotopic (exact) mass is 173 g/mol. The summed E-state index contributed by atoms with van der Waals surface area (Å²) >= 11 is 0. The molecule has 2 N–H and O–H groups in total. The molecule has 0 aromatic carbocycles. The van der Waals surface area contributed by atoms with Gasteiger partial charge in [0, 0.05) is 36.8 Å². The highest BCUT2D eigenvalue weighted by Gasteiger charge is 2.19. The molecule has 3 heterocycles. The van der Waals surface area contributed by atoms with Gasteiger partial charge in [-0.1, -0.05) is 0 Å². The Hall–Kier alpha value is -1.35. The Bertz CT molecular complexity index is 428. The number of aromatic amines is 1. The van der Waals surface area contributed by atoms with Crippen molar-refractivity contribution in [2.24, 2.45) is 0 Å². The first-order valence-electron chi connectivity index (χ1n) is 4.57. The molecule has 1 fully saturated rings. The zero-order valence-electron chi connectivity index (χ0n) is 7.25. The van der Waals surface area contributed by atoms with Crippen molar-refractivity contribution in [1.82, 2.24) is 15.3 Å². The third-order valence-corrected chi connectivity index (χ3v) is 2.67. The highest BCUT2D eigenvalue weighted by atomic mass is 14.9. The zero-order chi connectivity index (χ0) is 8.67. The van der Waals surface area contributed by atoms with Gasteiger partial charge in [0.25, 0.3) is 0 Å². The maximum Gasteiger partial charge on any atom is 0.137 e. The molecule has 2 aromatic heterocycles. The lowest BCUT2D eigenvalue weighted by Crippen LogP contribution is -2.39. The van der Waals surface area contributed by atoms with Crippen LogP contribution in [0.25, 0.3) is 11.0 Å². The molecule has 0 radical (unpaired) electrons. The van der Waals surface area contributed by atoms with Gasteiger partial charge in [-0.25, -0.2) is 4.98 Å². The van der Waals surface area contributed by atoms with Crippen molar-refractivity contribution >= 4 is 11.0 Å². The molecule has 0 amide bonds. The van der Waals surface area contributed by atoms with Crippen molar-refractivity contribution in [3.8, 4) is 0 Å². The van der Waals surface area contributed by atoms with Crippen molar-refractivity contribution in [1.29, 1.82) is 0 Å². The zero-order valence-corrected chi connectivity index (χ0v) is 7.25. The number of pyridine rings is 1. The lowest BCUT2D eigenvalue weighted by molar-refractivity contribution is 0.448. The Morgan fingerprint density at radius 1 is 1.38 bits per heavy atom. The van der Waals surface area contributed by atoms with Crippen LogP contribution in [-0.4, -0.2) is 23.1 Å². The average molecular weight is 173 g/mol. The van der Waals surface area contributed by atoms with Crippen molar-refractivity contribution in [2.45, 2.75) is 5.92 Å². The van der Waals surface area contributed by atoms with E-state index in [1.54, 1.807) is 0 Å². The Kier molecular flexibility index (Phi) is 1.40.